The monoisotopic (exact) mass is 2020 g/mol. The van der Waals surface area contributed by atoms with Gasteiger partial charge in [-0.05, 0) is 161 Å². The van der Waals surface area contributed by atoms with E-state index < -0.39 is 0 Å². The van der Waals surface area contributed by atoms with Crippen LogP contribution in [0, 0.1) is 50.9 Å². The predicted molar refractivity (Wildman–Crippen MR) is 510 cm³/mol. The summed E-state index contributed by atoms with van der Waals surface area (Å²) in [5.74, 6) is 4.08. The molecule has 6 aromatic heterocycles. The molecule has 16 nitrogen and oxygen atoms in total. The van der Waals surface area contributed by atoms with Gasteiger partial charge in [0.2, 0.25) is 0 Å². The van der Waals surface area contributed by atoms with Gasteiger partial charge in [-0.2, -0.15) is 50.9 Å². The van der Waals surface area contributed by atoms with Gasteiger partial charge in [-0.3, -0.25) is 9.13 Å². The van der Waals surface area contributed by atoms with Gasteiger partial charge in [0, 0.05) is 124 Å². The minimum Gasteiger partial charge on any atom is -0.510 e. The number of benzene rings is 14. The molecule has 0 bridgehead atoms. The maximum absolute atomic E-state index is 6.51. The zero-order valence-corrected chi connectivity index (χ0v) is 74.4. The van der Waals surface area contributed by atoms with Crippen LogP contribution in [-0.2, 0) is 42.1 Å². The molecule has 20 aromatic rings. The van der Waals surface area contributed by atoms with Crippen LogP contribution in [0.1, 0.15) is 22.3 Å². The Labute approximate surface area is 770 Å². The van der Waals surface area contributed by atoms with Crippen LogP contribution in [0.4, 0.5) is 22.7 Å². The largest absolute Gasteiger partial charge is 4.00 e. The Bertz CT molecular complexity index is 6670. The molecule has 18 heteroatoms. The zero-order valence-electron chi connectivity index (χ0n) is 69.8. The molecule has 14 aromatic carbocycles. The van der Waals surface area contributed by atoms with Crippen molar-refractivity contribution in [2.75, 3.05) is 47.8 Å². The van der Waals surface area contributed by atoms with Crippen molar-refractivity contribution >= 4 is 133 Å². The molecular formula is C110H78N14O2Pt2. The summed E-state index contributed by atoms with van der Waals surface area (Å²) in [4.78, 5) is 26.7. The fraction of sp³-hybridized carbons (Fsp3) is 0.0364. The molecular weight excluding hydrogens is 1940 g/mol. The number of ether oxygens (including phenoxy) is 2. The molecule has 0 saturated heterocycles. The Morgan fingerprint density at radius 1 is 0.227 bits per heavy atom. The van der Waals surface area contributed by atoms with E-state index in [9.17, 15) is 0 Å². The minimum absolute atomic E-state index is 0. The van der Waals surface area contributed by atoms with Crippen molar-refractivity contribution in [2.24, 2.45) is 0 Å². The van der Waals surface area contributed by atoms with Crippen molar-refractivity contribution in [2.45, 2.75) is 0 Å². The van der Waals surface area contributed by atoms with E-state index in [-0.39, 0.29) is 42.1 Å². The molecule has 620 valence electrons. The predicted octanol–water partition coefficient (Wildman–Crippen LogP) is 24.8. The van der Waals surface area contributed by atoms with Gasteiger partial charge < -0.3 is 57.8 Å². The van der Waals surface area contributed by atoms with E-state index >= 15 is 0 Å². The van der Waals surface area contributed by atoms with E-state index in [4.69, 9.17) is 19.4 Å². The van der Waals surface area contributed by atoms with Crippen LogP contribution in [0.2, 0.25) is 0 Å². The quantitative estimate of drug-likeness (QED) is 0.0863. The summed E-state index contributed by atoms with van der Waals surface area (Å²) < 4.78 is 22.1. The Morgan fingerprint density at radius 2 is 0.445 bits per heavy atom. The van der Waals surface area contributed by atoms with Crippen molar-refractivity contribution in [3.8, 4) is 46.0 Å². The number of para-hydroxylation sites is 8. The average molecular weight is 2020 g/mol. The van der Waals surface area contributed by atoms with Crippen molar-refractivity contribution in [1.82, 2.24) is 47.8 Å². The molecule has 4 aliphatic rings. The van der Waals surface area contributed by atoms with Crippen LogP contribution < -0.4 is 29.1 Å². The number of fused-ring (bicyclic) bond motifs is 12. The van der Waals surface area contributed by atoms with Crippen LogP contribution in [0.15, 0.2) is 377 Å². The molecule has 24 rings (SSSR count). The van der Waals surface area contributed by atoms with Crippen molar-refractivity contribution in [3.05, 3.63) is 450 Å². The number of anilines is 4. The number of hydrogen-bond acceptors (Lipinski definition) is 12. The normalized spacial score (nSPS) is 13.9. The third-order valence-corrected chi connectivity index (χ3v) is 23.7. The molecule has 4 aliphatic heterocycles. The van der Waals surface area contributed by atoms with Crippen LogP contribution in [0.25, 0.3) is 133 Å². The number of hydrogen-bond donors (Lipinski definition) is 0. The van der Waals surface area contributed by atoms with Gasteiger partial charge in [0.15, 0.2) is 0 Å². The molecule has 0 unspecified atom stereocenters. The van der Waals surface area contributed by atoms with Crippen molar-refractivity contribution in [1.29, 1.82) is 0 Å². The smallest absolute Gasteiger partial charge is 0.510 e. The summed E-state index contributed by atoms with van der Waals surface area (Å²) in [6, 6.07) is 132. The van der Waals surface area contributed by atoms with Gasteiger partial charge >= 0.3 is 42.1 Å². The van der Waals surface area contributed by atoms with Crippen molar-refractivity contribution < 1.29 is 51.6 Å². The number of pyridine rings is 2. The maximum atomic E-state index is 6.51. The van der Waals surface area contributed by atoms with Crippen LogP contribution in [0.5, 0.6) is 23.0 Å². The Hall–Kier alpha value is -15.1. The molecule has 128 heavy (non-hydrogen) atoms. The third kappa shape index (κ3) is 14.4. The second-order valence-corrected chi connectivity index (χ2v) is 31.8. The fourth-order valence-corrected chi connectivity index (χ4v) is 18.2. The van der Waals surface area contributed by atoms with Crippen LogP contribution >= 0.6 is 0 Å². The van der Waals surface area contributed by atoms with Crippen molar-refractivity contribution in [3.63, 3.8) is 0 Å². The van der Waals surface area contributed by atoms with Gasteiger partial charge in [0.1, 0.15) is 11.6 Å². The molecule has 0 fully saturated rings. The Balaban J connectivity index is 0.000000153. The first kappa shape index (κ1) is 80.1. The summed E-state index contributed by atoms with van der Waals surface area (Å²) >= 11 is 0. The average Bonchev–Trinajstić information content (AvgIpc) is 1.61. The van der Waals surface area contributed by atoms with E-state index in [1.165, 1.54) is 65.2 Å². The molecule has 10 heterocycles. The topological polar surface area (TPSA) is 89.9 Å². The molecule has 0 amide bonds. The van der Waals surface area contributed by atoms with Gasteiger partial charge in [-0.15, -0.1) is 95.5 Å². The number of nitrogens with zero attached hydrogens (tertiary/aromatic N) is 14. The van der Waals surface area contributed by atoms with E-state index in [1.807, 2.05) is 124 Å². The van der Waals surface area contributed by atoms with E-state index in [1.54, 1.807) is 0 Å². The SMILES string of the molecule is CN1C=C(c2ccc(-n3c4ccccc4c4ccccc43)cc2)N(c2[c-]c(Oc3[c-]c(N4[CH-]N(C)C=C4c4ccc(-n5c6ccccc6c6ccccc65)cc4)ccc3)ccc2)[CH-]1.CN1C=C(c2ccc(-n3c4ccccc4c4ccccc43)nc2)N(c2[c-]c(Oc3[c-]c(N4[CH-]N(C)C=C4c4ccc(-n5c6ccccc6c6ccccc65)nc4)ccc3)ccc2)[CH-]1.[Pt+4].[Pt+4]. The first-order chi connectivity index (χ1) is 62.1. The van der Waals surface area contributed by atoms with Gasteiger partial charge in [-0.25, -0.2) is 9.97 Å². The standard InChI is InChI=1S/C56H40N6O.C54H38N8O.2Pt/c1-57-35-55(39-25-29-41(30-26-39)61-51-21-7-3-17-47(51)48-18-4-8-22-52(48)61)59(37-57)43-13-11-15-45(33-43)63-46-16-12-14-44(34-46)60-38-58(2)36-56(60)40-27-31-42(32-28-40)62-53-23-9-5-19-49(53)50-20-6-10-24-54(50)62;1-57-33-51(37-25-27-53(55-31-37)61-47-21-7-3-17-43(47)44-18-4-8-22-48(44)61)59(35-57)39-13-11-15-41(29-39)63-42-16-12-14-40(30-42)60-36-58(2)34-52(60)38-26-28-54(56-32-38)62-49-23-9-5-19-45(49)46-20-6-10-24-50(46)62;;/h3-32,35-38H,1-2H3;3-28,31-36H,1-2H3;;/q2*-4;2*+4. The van der Waals surface area contributed by atoms with E-state index in [0.717, 1.165) is 113 Å². The number of rotatable bonds is 16. The summed E-state index contributed by atoms with van der Waals surface area (Å²) in [7, 11) is 8.13. The Morgan fingerprint density at radius 3 is 0.680 bits per heavy atom. The molecule has 0 radical (unpaired) electrons. The van der Waals surface area contributed by atoms with Crippen LogP contribution in [-0.4, -0.2) is 76.0 Å². The maximum Gasteiger partial charge on any atom is 4.00 e. The second kappa shape index (κ2) is 33.4. The van der Waals surface area contributed by atoms with Crippen LogP contribution in [0.3, 0.4) is 0 Å². The molecule has 0 spiro atoms. The number of aromatic nitrogens is 6. The summed E-state index contributed by atoms with van der Waals surface area (Å²) in [6.45, 7) is 8.22. The van der Waals surface area contributed by atoms with E-state index in [0.29, 0.717) is 23.0 Å². The summed E-state index contributed by atoms with van der Waals surface area (Å²) in [5, 5.41) is 9.84. The van der Waals surface area contributed by atoms with Gasteiger partial charge in [-0.1, -0.05) is 170 Å². The third-order valence-electron chi connectivity index (χ3n) is 23.7. The molecule has 0 atom stereocenters. The molecule has 0 saturated carbocycles. The zero-order chi connectivity index (χ0) is 84.0. The summed E-state index contributed by atoms with van der Waals surface area (Å²) in [5.41, 5.74) is 23.1. The first-order valence-electron chi connectivity index (χ1n) is 41.9. The molecule has 0 N–H and O–H groups in total. The van der Waals surface area contributed by atoms with Gasteiger partial charge in [0.05, 0.1) is 44.1 Å². The minimum atomic E-state index is 0. The van der Waals surface area contributed by atoms with E-state index in [2.05, 4.69) is 389 Å². The fourth-order valence-electron chi connectivity index (χ4n) is 18.2. The Kier molecular flexibility index (Phi) is 20.9. The van der Waals surface area contributed by atoms with Gasteiger partial charge in [0.25, 0.3) is 0 Å². The second-order valence-electron chi connectivity index (χ2n) is 31.8. The first-order valence-corrected chi connectivity index (χ1v) is 41.9. The summed E-state index contributed by atoms with van der Waals surface area (Å²) in [6.07, 6.45) is 12.4. The molecule has 0 aliphatic carbocycles.